The van der Waals surface area contributed by atoms with Crippen LogP contribution in [-0.2, 0) is 0 Å². The first-order chi connectivity index (χ1) is 16.4. The number of hydrogen-bond acceptors (Lipinski definition) is 4. The minimum atomic E-state index is -0.325. The Morgan fingerprint density at radius 3 is 2.47 bits per heavy atom. The fraction of sp³-hybridized carbons (Fsp3) is 0.0400. The summed E-state index contributed by atoms with van der Waals surface area (Å²) in [6, 6.07) is 22.0. The maximum Gasteiger partial charge on any atom is 0.258 e. The molecule has 34 heavy (non-hydrogen) atoms. The number of aryl methyl sites for hydroxylation is 1. The topological polar surface area (TPSA) is 71.8 Å². The van der Waals surface area contributed by atoms with Crippen molar-refractivity contribution in [1.82, 2.24) is 20.3 Å². The lowest BCUT2D eigenvalue weighted by Gasteiger charge is -2.11. The largest absolute Gasteiger partial charge is 0.332 e. The summed E-state index contributed by atoms with van der Waals surface area (Å²) in [5.74, 6) is -0.325. The van der Waals surface area contributed by atoms with Crippen LogP contribution in [0.3, 0.4) is 0 Å². The maximum absolute atomic E-state index is 12.9. The zero-order chi connectivity index (χ0) is 23.8. The van der Waals surface area contributed by atoms with Crippen molar-refractivity contribution < 1.29 is 4.79 Å². The molecule has 0 bridgehead atoms. The molecule has 0 saturated heterocycles. The molecule has 0 aliphatic carbocycles. The fourth-order valence-electron chi connectivity index (χ4n) is 3.62. The Hall–Kier alpha value is -3.52. The number of carbonyl (C=O) groups excluding carboxylic acids is 1. The standard InChI is InChI=1S/C25H17Cl2N5OS/c1-14-8-10-16(13-21(14)27)32-30-22-11-9-15(12-23(22)31-32)28-25(34)29-24(33)19-6-2-5-18-17(19)4-3-7-20(18)26/h2-13H,1H3,(H2,28,29,33,34). The highest BCUT2D eigenvalue weighted by atomic mass is 35.5. The molecule has 0 unspecified atom stereocenters. The number of fused-ring (bicyclic) bond motifs is 2. The number of nitrogens with one attached hydrogen (secondary N) is 2. The van der Waals surface area contributed by atoms with Gasteiger partial charge in [0.25, 0.3) is 5.91 Å². The lowest BCUT2D eigenvalue weighted by atomic mass is 10.0. The minimum Gasteiger partial charge on any atom is -0.332 e. The van der Waals surface area contributed by atoms with Crippen molar-refractivity contribution >= 4 is 73.9 Å². The molecule has 0 aliphatic heterocycles. The maximum atomic E-state index is 12.9. The first-order valence-electron chi connectivity index (χ1n) is 10.3. The number of thiocarbonyl (C=S) groups is 1. The SMILES string of the molecule is Cc1ccc(-n2nc3ccc(NC(=S)NC(=O)c4cccc5c(Cl)cccc45)cc3n2)cc1Cl. The zero-order valence-electron chi connectivity index (χ0n) is 17.8. The first-order valence-corrected chi connectivity index (χ1v) is 11.5. The number of hydrogen-bond donors (Lipinski definition) is 2. The monoisotopic (exact) mass is 505 g/mol. The number of carbonyl (C=O) groups is 1. The molecule has 4 aromatic carbocycles. The fourth-order valence-corrected chi connectivity index (χ4v) is 4.24. The van der Waals surface area contributed by atoms with Crippen molar-refractivity contribution in [2.45, 2.75) is 6.92 Å². The normalized spacial score (nSPS) is 11.0. The quantitative estimate of drug-likeness (QED) is 0.281. The molecule has 6 nitrogen and oxygen atoms in total. The van der Waals surface area contributed by atoms with E-state index in [2.05, 4.69) is 20.8 Å². The van der Waals surface area contributed by atoms with E-state index in [4.69, 9.17) is 35.4 Å². The van der Waals surface area contributed by atoms with Crippen LogP contribution < -0.4 is 10.6 Å². The van der Waals surface area contributed by atoms with Gasteiger partial charge in [-0.2, -0.15) is 4.80 Å². The van der Waals surface area contributed by atoms with Crippen molar-refractivity contribution in [3.8, 4) is 5.69 Å². The number of halogens is 2. The van der Waals surface area contributed by atoms with Crippen LogP contribution in [0, 0.1) is 6.92 Å². The second kappa shape index (κ2) is 9.02. The Morgan fingerprint density at radius 2 is 1.65 bits per heavy atom. The summed E-state index contributed by atoms with van der Waals surface area (Å²) in [5, 5.41) is 17.8. The molecule has 0 fully saturated rings. The van der Waals surface area contributed by atoms with E-state index in [0.717, 1.165) is 22.0 Å². The molecule has 0 spiro atoms. The number of aromatic nitrogens is 3. The van der Waals surface area contributed by atoms with Gasteiger partial charge in [0.05, 0.1) is 5.69 Å². The van der Waals surface area contributed by atoms with Crippen LogP contribution in [0.2, 0.25) is 10.0 Å². The van der Waals surface area contributed by atoms with Gasteiger partial charge in [-0.3, -0.25) is 10.1 Å². The molecule has 0 atom stereocenters. The van der Waals surface area contributed by atoms with E-state index >= 15 is 0 Å². The van der Waals surface area contributed by atoms with Gasteiger partial charge in [0.15, 0.2) is 5.11 Å². The van der Waals surface area contributed by atoms with E-state index < -0.39 is 0 Å². The molecule has 0 aliphatic rings. The van der Waals surface area contributed by atoms with Gasteiger partial charge >= 0.3 is 0 Å². The van der Waals surface area contributed by atoms with E-state index in [9.17, 15) is 4.79 Å². The summed E-state index contributed by atoms with van der Waals surface area (Å²) in [6.07, 6.45) is 0. The van der Waals surface area contributed by atoms with Crippen molar-refractivity contribution in [2.75, 3.05) is 5.32 Å². The molecule has 5 aromatic rings. The lowest BCUT2D eigenvalue weighted by Crippen LogP contribution is -2.34. The second-order valence-corrected chi connectivity index (χ2v) is 8.90. The third kappa shape index (κ3) is 4.33. The molecule has 1 heterocycles. The van der Waals surface area contributed by atoms with Gasteiger partial charge in [-0.05, 0) is 72.6 Å². The summed E-state index contributed by atoms with van der Waals surface area (Å²) in [4.78, 5) is 14.4. The number of benzene rings is 4. The Kier molecular flexibility index (Phi) is 5.91. The van der Waals surface area contributed by atoms with Crippen LogP contribution >= 0.6 is 35.4 Å². The third-order valence-electron chi connectivity index (χ3n) is 5.37. The third-order valence-corrected chi connectivity index (χ3v) is 6.31. The number of rotatable bonds is 3. The van der Waals surface area contributed by atoms with Crippen molar-refractivity contribution in [2.24, 2.45) is 0 Å². The highest BCUT2D eigenvalue weighted by Gasteiger charge is 2.13. The Bertz CT molecular complexity index is 1600. The molecule has 9 heteroatoms. The number of anilines is 1. The van der Waals surface area contributed by atoms with E-state index in [-0.39, 0.29) is 11.0 Å². The zero-order valence-corrected chi connectivity index (χ0v) is 20.2. The number of amides is 1. The molecule has 2 N–H and O–H groups in total. The van der Waals surface area contributed by atoms with E-state index in [1.807, 2.05) is 61.5 Å². The highest BCUT2D eigenvalue weighted by molar-refractivity contribution is 7.80. The molecule has 0 saturated carbocycles. The molecule has 5 rings (SSSR count). The smallest absolute Gasteiger partial charge is 0.258 e. The molecule has 1 aromatic heterocycles. The summed E-state index contributed by atoms with van der Waals surface area (Å²) in [5.41, 5.74) is 4.28. The van der Waals surface area contributed by atoms with Crippen LogP contribution in [0.4, 0.5) is 5.69 Å². The van der Waals surface area contributed by atoms with Crippen LogP contribution in [0.5, 0.6) is 0 Å². The summed E-state index contributed by atoms with van der Waals surface area (Å²) in [6.45, 7) is 1.94. The van der Waals surface area contributed by atoms with Crippen LogP contribution in [0.15, 0.2) is 72.8 Å². The predicted molar refractivity (Wildman–Crippen MR) is 141 cm³/mol. The van der Waals surface area contributed by atoms with Crippen LogP contribution in [0.1, 0.15) is 15.9 Å². The van der Waals surface area contributed by atoms with E-state index in [1.54, 1.807) is 18.2 Å². The van der Waals surface area contributed by atoms with Gasteiger partial charge in [0.2, 0.25) is 0 Å². The Labute approximate surface area is 210 Å². The summed E-state index contributed by atoms with van der Waals surface area (Å²) in [7, 11) is 0. The first kappa shape index (κ1) is 22.3. The van der Waals surface area contributed by atoms with Gasteiger partial charge in [0, 0.05) is 26.7 Å². The molecule has 0 radical (unpaired) electrons. The van der Waals surface area contributed by atoms with Crippen LogP contribution in [0.25, 0.3) is 27.5 Å². The number of nitrogens with zero attached hydrogens (tertiary/aromatic N) is 3. The lowest BCUT2D eigenvalue weighted by molar-refractivity contribution is 0.0979. The molecular formula is C25H17Cl2N5OS. The van der Waals surface area contributed by atoms with Crippen molar-refractivity contribution in [3.05, 3.63) is 94.0 Å². The van der Waals surface area contributed by atoms with E-state index in [0.29, 0.717) is 32.3 Å². The average Bonchev–Trinajstić information content (AvgIpc) is 3.24. The van der Waals surface area contributed by atoms with Gasteiger partial charge < -0.3 is 5.32 Å². The molecule has 1 amide bonds. The highest BCUT2D eigenvalue weighted by Crippen LogP contribution is 2.26. The Morgan fingerprint density at radius 1 is 0.882 bits per heavy atom. The van der Waals surface area contributed by atoms with Crippen molar-refractivity contribution in [1.29, 1.82) is 0 Å². The predicted octanol–water partition coefficient (Wildman–Crippen LogP) is 6.32. The average molecular weight is 506 g/mol. The molecular weight excluding hydrogens is 489 g/mol. The molecule has 168 valence electrons. The van der Waals surface area contributed by atoms with Gasteiger partial charge in [-0.1, -0.05) is 53.5 Å². The van der Waals surface area contributed by atoms with Crippen LogP contribution in [-0.4, -0.2) is 26.0 Å². The second-order valence-electron chi connectivity index (χ2n) is 7.68. The van der Waals surface area contributed by atoms with E-state index in [1.165, 1.54) is 4.80 Å². The van der Waals surface area contributed by atoms with Gasteiger partial charge in [-0.15, -0.1) is 10.2 Å². The minimum absolute atomic E-state index is 0.168. The summed E-state index contributed by atoms with van der Waals surface area (Å²) < 4.78 is 0. The van der Waals surface area contributed by atoms with Gasteiger partial charge in [-0.25, -0.2) is 0 Å². The van der Waals surface area contributed by atoms with Crippen molar-refractivity contribution in [3.63, 3.8) is 0 Å². The van der Waals surface area contributed by atoms with Gasteiger partial charge in [0.1, 0.15) is 11.0 Å². The Balaban J connectivity index is 1.34. The summed E-state index contributed by atoms with van der Waals surface area (Å²) >= 11 is 17.9.